The third-order valence-electron chi connectivity index (χ3n) is 1.79. The summed E-state index contributed by atoms with van der Waals surface area (Å²) in [5, 5.41) is 3.17. The molecule has 0 amide bonds. The van der Waals surface area contributed by atoms with Gasteiger partial charge in [0.05, 0.1) is 6.61 Å². The molecule has 84 valence electrons. The predicted molar refractivity (Wildman–Crippen MR) is 53.7 cm³/mol. The Labute approximate surface area is 84.3 Å². The monoisotopic (exact) mass is 207 g/mol. The fraction of sp³-hybridized carbons (Fsp3) is 0.800. The van der Waals surface area contributed by atoms with Gasteiger partial charge in [0.1, 0.15) is 6.61 Å². The summed E-state index contributed by atoms with van der Waals surface area (Å²) >= 11 is 0. The van der Waals surface area contributed by atoms with Crippen LogP contribution < -0.4 is 5.32 Å². The van der Waals surface area contributed by atoms with Gasteiger partial charge in [-0.2, -0.15) is 0 Å². The molecule has 0 aliphatic heterocycles. The first kappa shape index (κ1) is 13.5. The predicted octanol–water partition coefficient (Wildman–Crippen LogP) is 2.21. The summed E-state index contributed by atoms with van der Waals surface area (Å²) in [7, 11) is 0. The molecule has 1 atom stereocenters. The van der Waals surface area contributed by atoms with Gasteiger partial charge in [0.2, 0.25) is 0 Å². The molecule has 0 bridgehead atoms. The number of alkyl halides is 2. The first-order chi connectivity index (χ1) is 6.66. The lowest BCUT2D eigenvalue weighted by Gasteiger charge is -2.12. The minimum Gasteiger partial charge on any atom is -0.374 e. The summed E-state index contributed by atoms with van der Waals surface area (Å²) in [4.78, 5) is 0. The highest BCUT2D eigenvalue weighted by Gasteiger charge is 2.02. The van der Waals surface area contributed by atoms with Crippen molar-refractivity contribution in [2.24, 2.45) is 0 Å². The maximum absolute atomic E-state index is 11.6. The largest absolute Gasteiger partial charge is 0.374 e. The summed E-state index contributed by atoms with van der Waals surface area (Å²) < 4.78 is 28.0. The highest BCUT2D eigenvalue weighted by molar-refractivity contribution is 4.70. The molecule has 14 heavy (non-hydrogen) atoms. The molecule has 0 aromatic rings. The van der Waals surface area contributed by atoms with Crippen molar-refractivity contribution in [1.29, 1.82) is 0 Å². The molecule has 0 rings (SSSR count). The molecule has 1 N–H and O–H groups in total. The minimum atomic E-state index is -2.37. The van der Waals surface area contributed by atoms with Crippen LogP contribution in [0.2, 0.25) is 0 Å². The number of nitrogens with one attached hydrogen (secondary N) is 1. The molecule has 0 aliphatic carbocycles. The van der Waals surface area contributed by atoms with E-state index in [0.717, 1.165) is 12.8 Å². The first-order valence-electron chi connectivity index (χ1n) is 4.87. The van der Waals surface area contributed by atoms with Crippen LogP contribution in [0.25, 0.3) is 0 Å². The van der Waals surface area contributed by atoms with Crippen molar-refractivity contribution < 1.29 is 13.5 Å². The van der Waals surface area contributed by atoms with Gasteiger partial charge in [0, 0.05) is 12.6 Å². The SMILES string of the molecule is C=CCCC(C)NCCOCC(F)F. The van der Waals surface area contributed by atoms with Gasteiger partial charge < -0.3 is 10.1 Å². The van der Waals surface area contributed by atoms with Crippen LogP contribution in [0.3, 0.4) is 0 Å². The van der Waals surface area contributed by atoms with Gasteiger partial charge in [-0.3, -0.25) is 0 Å². The van der Waals surface area contributed by atoms with Crippen molar-refractivity contribution in [3.8, 4) is 0 Å². The Balaban J connectivity index is 3.14. The van der Waals surface area contributed by atoms with E-state index < -0.39 is 13.0 Å². The van der Waals surface area contributed by atoms with Crippen LogP contribution in [0.15, 0.2) is 12.7 Å². The Hall–Kier alpha value is -0.480. The molecule has 0 aromatic heterocycles. The average molecular weight is 207 g/mol. The van der Waals surface area contributed by atoms with Gasteiger partial charge in [-0.1, -0.05) is 6.08 Å². The second-order valence-electron chi connectivity index (χ2n) is 3.19. The van der Waals surface area contributed by atoms with E-state index in [4.69, 9.17) is 4.74 Å². The highest BCUT2D eigenvalue weighted by Crippen LogP contribution is 1.96. The van der Waals surface area contributed by atoms with Crippen LogP contribution in [0, 0.1) is 0 Å². The number of hydrogen-bond acceptors (Lipinski definition) is 2. The zero-order chi connectivity index (χ0) is 10.8. The maximum Gasteiger partial charge on any atom is 0.261 e. The Kier molecular flexibility index (Phi) is 8.78. The second-order valence-corrected chi connectivity index (χ2v) is 3.19. The van der Waals surface area contributed by atoms with Crippen molar-refractivity contribution in [3.63, 3.8) is 0 Å². The van der Waals surface area contributed by atoms with E-state index in [-0.39, 0.29) is 0 Å². The van der Waals surface area contributed by atoms with E-state index in [1.807, 2.05) is 6.08 Å². The smallest absolute Gasteiger partial charge is 0.261 e. The zero-order valence-corrected chi connectivity index (χ0v) is 8.64. The van der Waals surface area contributed by atoms with Crippen molar-refractivity contribution in [1.82, 2.24) is 5.32 Å². The summed E-state index contributed by atoms with van der Waals surface area (Å²) in [5.74, 6) is 0. The summed E-state index contributed by atoms with van der Waals surface area (Å²) in [6.45, 7) is 6.16. The molecule has 0 heterocycles. The molecular weight excluding hydrogens is 188 g/mol. The molecule has 0 aliphatic rings. The standard InChI is InChI=1S/C10H19F2NO/c1-3-4-5-9(2)13-6-7-14-8-10(11)12/h3,9-10,13H,1,4-8H2,2H3. The summed E-state index contributed by atoms with van der Waals surface area (Å²) in [6.07, 6.45) is 1.48. The Morgan fingerprint density at radius 2 is 2.21 bits per heavy atom. The quantitative estimate of drug-likeness (QED) is 0.462. The summed E-state index contributed by atoms with van der Waals surface area (Å²) in [5.41, 5.74) is 0. The fourth-order valence-corrected chi connectivity index (χ4v) is 1.02. The van der Waals surface area contributed by atoms with Crippen molar-refractivity contribution >= 4 is 0 Å². The number of halogens is 2. The normalized spacial score (nSPS) is 13.1. The molecule has 0 aromatic carbocycles. The Bertz CT molecular complexity index is 142. The van der Waals surface area contributed by atoms with E-state index in [0.29, 0.717) is 19.2 Å². The molecule has 0 fully saturated rings. The highest BCUT2D eigenvalue weighted by atomic mass is 19.3. The van der Waals surface area contributed by atoms with Gasteiger partial charge in [-0.25, -0.2) is 8.78 Å². The molecular formula is C10H19F2NO. The van der Waals surface area contributed by atoms with Crippen LogP contribution in [0.1, 0.15) is 19.8 Å². The minimum absolute atomic E-state index is 0.336. The zero-order valence-electron chi connectivity index (χ0n) is 8.64. The van der Waals surface area contributed by atoms with E-state index in [9.17, 15) is 8.78 Å². The second kappa shape index (κ2) is 9.09. The molecule has 0 spiro atoms. The molecule has 2 nitrogen and oxygen atoms in total. The van der Waals surface area contributed by atoms with Gasteiger partial charge in [0.15, 0.2) is 0 Å². The lowest BCUT2D eigenvalue weighted by atomic mass is 10.2. The van der Waals surface area contributed by atoms with E-state index in [2.05, 4.69) is 18.8 Å². The maximum atomic E-state index is 11.6. The van der Waals surface area contributed by atoms with E-state index >= 15 is 0 Å². The van der Waals surface area contributed by atoms with Gasteiger partial charge in [-0.15, -0.1) is 6.58 Å². The van der Waals surface area contributed by atoms with Gasteiger partial charge in [-0.05, 0) is 19.8 Å². The Morgan fingerprint density at radius 1 is 1.50 bits per heavy atom. The van der Waals surface area contributed by atoms with Crippen LogP contribution in [-0.2, 0) is 4.74 Å². The van der Waals surface area contributed by atoms with Gasteiger partial charge >= 0.3 is 0 Å². The third-order valence-corrected chi connectivity index (χ3v) is 1.79. The molecule has 4 heteroatoms. The van der Waals surface area contributed by atoms with Crippen molar-refractivity contribution in [2.75, 3.05) is 19.8 Å². The number of allylic oxidation sites excluding steroid dienone is 1. The molecule has 0 saturated carbocycles. The van der Waals surface area contributed by atoms with Crippen molar-refractivity contribution in [2.45, 2.75) is 32.2 Å². The van der Waals surface area contributed by atoms with Crippen LogP contribution in [0.5, 0.6) is 0 Å². The van der Waals surface area contributed by atoms with Crippen LogP contribution >= 0.6 is 0 Å². The van der Waals surface area contributed by atoms with Crippen LogP contribution in [-0.4, -0.2) is 32.2 Å². The lowest BCUT2D eigenvalue weighted by Crippen LogP contribution is -2.29. The topological polar surface area (TPSA) is 21.3 Å². The lowest BCUT2D eigenvalue weighted by molar-refractivity contribution is 0.0183. The van der Waals surface area contributed by atoms with Gasteiger partial charge in [0.25, 0.3) is 6.43 Å². The number of hydrogen-bond donors (Lipinski definition) is 1. The fourth-order valence-electron chi connectivity index (χ4n) is 1.02. The number of ether oxygens (including phenoxy) is 1. The van der Waals surface area contributed by atoms with E-state index in [1.54, 1.807) is 0 Å². The van der Waals surface area contributed by atoms with Crippen molar-refractivity contribution in [3.05, 3.63) is 12.7 Å². The molecule has 1 unspecified atom stereocenters. The average Bonchev–Trinajstić information content (AvgIpc) is 2.13. The third kappa shape index (κ3) is 9.61. The summed E-state index contributed by atoms with van der Waals surface area (Å²) in [6, 6.07) is 0.378. The molecule has 0 radical (unpaired) electrons. The Morgan fingerprint density at radius 3 is 2.79 bits per heavy atom. The number of rotatable bonds is 9. The molecule has 0 saturated heterocycles. The van der Waals surface area contributed by atoms with E-state index in [1.165, 1.54) is 0 Å². The first-order valence-corrected chi connectivity index (χ1v) is 4.87. The van der Waals surface area contributed by atoms with Crippen LogP contribution in [0.4, 0.5) is 8.78 Å².